The van der Waals surface area contributed by atoms with E-state index in [1.807, 2.05) is 54.6 Å². The molecule has 0 radical (unpaired) electrons. The number of carbonyl (C=O) groups excluding carboxylic acids is 2. The van der Waals surface area contributed by atoms with Crippen LogP contribution in [0.4, 0.5) is 5.13 Å². The Bertz CT molecular complexity index is 1590. The number of benzene rings is 3. The number of hydrogen-bond donors (Lipinski definition) is 1. The van der Waals surface area contributed by atoms with Gasteiger partial charge in [-0.2, -0.15) is 0 Å². The molecule has 1 N–H and O–H groups in total. The molecule has 1 aliphatic heterocycles. The molecular formula is C34H35N3O5S2. The number of unbranched alkanes of at least 4 members (excludes halogenated alkanes) is 2. The average molecular weight is 630 g/mol. The summed E-state index contributed by atoms with van der Waals surface area (Å²) < 4.78 is 12.3. The van der Waals surface area contributed by atoms with Gasteiger partial charge in [0.05, 0.1) is 24.8 Å². The van der Waals surface area contributed by atoms with Crippen LogP contribution < -0.4 is 14.4 Å². The number of nitrogens with zero attached hydrogens (tertiary/aromatic N) is 3. The molecule has 0 spiro atoms. The van der Waals surface area contributed by atoms with E-state index >= 15 is 0 Å². The third kappa shape index (κ3) is 7.31. The number of ether oxygens (including phenoxy) is 2. The van der Waals surface area contributed by atoms with Crippen LogP contribution in [0.25, 0.3) is 5.76 Å². The van der Waals surface area contributed by atoms with Gasteiger partial charge in [-0.1, -0.05) is 92.3 Å². The van der Waals surface area contributed by atoms with Crippen molar-refractivity contribution in [2.24, 2.45) is 0 Å². The maximum absolute atomic E-state index is 13.6. The summed E-state index contributed by atoms with van der Waals surface area (Å²) in [5, 5.41) is 20.4. The Morgan fingerprint density at radius 1 is 0.864 bits per heavy atom. The van der Waals surface area contributed by atoms with Gasteiger partial charge in [-0.25, -0.2) is 0 Å². The van der Waals surface area contributed by atoms with Gasteiger partial charge in [0, 0.05) is 11.3 Å². The standard InChI is InChI=1S/C34H35N3O5S2/c1-3-5-20-41-26-16-12-24(13-17-26)29-28(30(38)25-14-18-27(19-15-25)42-21-6-4-2)31(39)32(40)37(29)33-35-36-34(44-33)43-22-23-10-8-7-9-11-23/h7-19,29,38H,3-6,20-22H2,1-2H3/b30-28-. The lowest BCUT2D eigenvalue weighted by molar-refractivity contribution is -0.132. The Kier molecular flexibility index (Phi) is 10.7. The molecule has 4 aromatic rings. The SMILES string of the molecule is CCCCOc1ccc(/C(O)=C2/C(=O)C(=O)N(c3nnc(SCc4ccccc4)s3)C2c2ccc(OCCCC)cc2)cc1. The van der Waals surface area contributed by atoms with Crippen molar-refractivity contribution in [3.05, 3.63) is 101 Å². The summed E-state index contributed by atoms with van der Waals surface area (Å²) in [5.74, 6) is 0.230. The van der Waals surface area contributed by atoms with Gasteiger partial charge in [0.1, 0.15) is 17.3 Å². The number of carbonyl (C=O) groups is 2. The lowest BCUT2D eigenvalue weighted by Gasteiger charge is -2.22. The molecule has 8 nitrogen and oxygen atoms in total. The number of aromatic nitrogens is 2. The van der Waals surface area contributed by atoms with Crippen molar-refractivity contribution in [1.29, 1.82) is 0 Å². The van der Waals surface area contributed by atoms with E-state index < -0.39 is 17.7 Å². The Hall–Kier alpha value is -4.15. The van der Waals surface area contributed by atoms with Crippen molar-refractivity contribution in [3.8, 4) is 11.5 Å². The molecule has 1 aromatic heterocycles. The fraction of sp³-hybridized carbons (Fsp3) is 0.294. The Morgan fingerprint density at radius 2 is 1.48 bits per heavy atom. The van der Waals surface area contributed by atoms with Crippen LogP contribution in [-0.2, 0) is 15.3 Å². The highest BCUT2D eigenvalue weighted by Crippen LogP contribution is 2.44. The molecule has 1 saturated heterocycles. The predicted octanol–water partition coefficient (Wildman–Crippen LogP) is 7.81. The number of rotatable bonds is 14. The lowest BCUT2D eigenvalue weighted by atomic mass is 9.95. The molecule has 1 amide bonds. The van der Waals surface area contributed by atoms with Gasteiger partial charge >= 0.3 is 5.91 Å². The van der Waals surface area contributed by atoms with Crippen molar-refractivity contribution < 1.29 is 24.2 Å². The van der Waals surface area contributed by atoms with Gasteiger partial charge in [-0.05, 0) is 60.4 Å². The largest absolute Gasteiger partial charge is 0.507 e. The molecule has 10 heteroatoms. The van der Waals surface area contributed by atoms with Gasteiger partial charge in [-0.3, -0.25) is 14.5 Å². The number of Topliss-reactive ketones (excluding diaryl/α,β-unsaturated/α-hetero) is 1. The molecule has 44 heavy (non-hydrogen) atoms. The third-order valence-electron chi connectivity index (χ3n) is 7.11. The van der Waals surface area contributed by atoms with E-state index in [1.165, 1.54) is 28.0 Å². The highest BCUT2D eigenvalue weighted by molar-refractivity contribution is 8.00. The number of anilines is 1. The molecule has 1 atom stereocenters. The minimum atomic E-state index is -0.903. The summed E-state index contributed by atoms with van der Waals surface area (Å²) in [5.41, 5.74) is 2.18. The molecule has 5 rings (SSSR count). The van der Waals surface area contributed by atoms with Gasteiger partial charge in [-0.15, -0.1) is 10.2 Å². The first kappa shape index (κ1) is 31.3. The van der Waals surface area contributed by atoms with Crippen LogP contribution in [0.2, 0.25) is 0 Å². The van der Waals surface area contributed by atoms with Crippen LogP contribution in [0.3, 0.4) is 0 Å². The fourth-order valence-electron chi connectivity index (χ4n) is 4.70. The van der Waals surface area contributed by atoms with Crippen LogP contribution in [0.1, 0.15) is 62.3 Å². The van der Waals surface area contributed by atoms with Crippen LogP contribution in [0.5, 0.6) is 11.5 Å². The van der Waals surface area contributed by atoms with E-state index in [4.69, 9.17) is 9.47 Å². The van der Waals surface area contributed by atoms with Gasteiger partial charge in [0.15, 0.2) is 4.34 Å². The summed E-state index contributed by atoms with van der Waals surface area (Å²) in [4.78, 5) is 28.5. The monoisotopic (exact) mass is 629 g/mol. The Morgan fingerprint density at radius 3 is 2.09 bits per heavy atom. The van der Waals surface area contributed by atoms with Crippen molar-refractivity contribution in [1.82, 2.24) is 10.2 Å². The van der Waals surface area contributed by atoms with Crippen molar-refractivity contribution >= 4 is 45.7 Å². The molecule has 1 aliphatic rings. The highest BCUT2D eigenvalue weighted by atomic mass is 32.2. The number of aliphatic hydroxyl groups is 1. The van der Waals surface area contributed by atoms with Gasteiger partial charge in [0.2, 0.25) is 5.13 Å². The minimum absolute atomic E-state index is 0.0111. The number of hydrogen-bond acceptors (Lipinski definition) is 9. The van der Waals surface area contributed by atoms with Crippen LogP contribution in [0, 0.1) is 0 Å². The summed E-state index contributed by atoms with van der Waals surface area (Å²) in [7, 11) is 0. The van der Waals surface area contributed by atoms with E-state index in [-0.39, 0.29) is 16.5 Å². The smallest absolute Gasteiger partial charge is 0.301 e. The fourth-order valence-corrected chi connectivity index (χ4v) is 6.53. The number of ketones is 1. The first-order chi connectivity index (χ1) is 21.5. The quantitative estimate of drug-likeness (QED) is 0.0376. The molecule has 3 aromatic carbocycles. The minimum Gasteiger partial charge on any atom is -0.507 e. The van der Waals surface area contributed by atoms with Crippen molar-refractivity contribution in [2.45, 2.75) is 55.7 Å². The zero-order valence-corrected chi connectivity index (χ0v) is 26.4. The van der Waals surface area contributed by atoms with E-state index in [1.54, 1.807) is 24.3 Å². The zero-order chi connectivity index (χ0) is 30.9. The number of aliphatic hydroxyl groups excluding tert-OH is 1. The van der Waals surface area contributed by atoms with E-state index in [0.29, 0.717) is 45.9 Å². The molecule has 2 heterocycles. The predicted molar refractivity (Wildman–Crippen MR) is 174 cm³/mol. The second-order valence-electron chi connectivity index (χ2n) is 10.3. The molecule has 1 fully saturated rings. The molecule has 0 aliphatic carbocycles. The molecule has 228 valence electrons. The molecule has 0 saturated carbocycles. The Labute approximate surface area is 265 Å². The van der Waals surface area contributed by atoms with E-state index in [2.05, 4.69) is 24.0 Å². The van der Waals surface area contributed by atoms with Crippen molar-refractivity contribution in [2.75, 3.05) is 18.1 Å². The first-order valence-electron chi connectivity index (χ1n) is 14.8. The summed E-state index contributed by atoms with van der Waals surface area (Å²) in [6, 6.07) is 23.2. The van der Waals surface area contributed by atoms with E-state index in [0.717, 1.165) is 31.2 Å². The second kappa shape index (κ2) is 15.0. The second-order valence-corrected chi connectivity index (χ2v) is 12.5. The average Bonchev–Trinajstić information content (AvgIpc) is 3.63. The summed E-state index contributed by atoms with van der Waals surface area (Å²) in [6.45, 7) is 5.39. The number of thioether (sulfide) groups is 1. The van der Waals surface area contributed by atoms with Crippen LogP contribution >= 0.6 is 23.1 Å². The van der Waals surface area contributed by atoms with E-state index in [9.17, 15) is 14.7 Å². The summed E-state index contributed by atoms with van der Waals surface area (Å²) >= 11 is 2.75. The molecule has 1 unspecified atom stereocenters. The first-order valence-corrected chi connectivity index (χ1v) is 16.6. The topological polar surface area (TPSA) is 102 Å². The third-order valence-corrected chi connectivity index (χ3v) is 9.24. The maximum Gasteiger partial charge on any atom is 0.301 e. The number of amides is 1. The van der Waals surface area contributed by atoms with Gasteiger partial charge in [0.25, 0.3) is 5.78 Å². The lowest BCUT2D eigenvalue weighted by Crippen LogP contribution is -2.29. The zero-order valence-electron chi connectivity index (χ0n) is 24.8. The normalized spacial score (nSPS) is 16.0. The Balaban J connectivity index is 1.48. The molecule has 0 bridgehead atoms. The molecular weight excluding hydrogens is 595 g/mol. The van der Waals surface area contributed by atoms with Crippen LogP contribution in [-0.4, -0.2) is 40.2 Å². The highest BCUT2D eigenvalue weighted by Gasteiger charge is 2.48. The van der Waals surface area contributed by atoms with Crippen molar-refractivity contribution in [3.63, 3.8) is 0 Å². The summed E-state index contributed by atoms with van der Waals surface area (Å²) in [6.07, 6.45) is 3.91. The van der Waals surface area contributed by atoms with Gasteiger partial charge < -0.3 is 14.6 Å². The maximum atomic E-state index is 13.6. The van der Waals surface area contributed by atoms with Crippen LogP contribution in [0.15, 0.2) is 88.8 Å².